The molecule has 3 aromatic rings. The monoisotopic (exact) mass is 384 g/mol. The van der Waals surface area contributed by atoms with Crippen molar-refractivity contribution in [2.45, 2.75) is 26.2 Å². The van der Waals surface area contributed by atoms with Crippen molar-refractivity contribution < 1.29 is 0 Å². The Morgan fingerprint density at radius 2 is 0.929 bits per heavy atom. The maximum absolute atomic E-state index is 2.56. The maximum atomic E-state index is 2.56. The third-order valence-electron chi connectivity index (χ3n) is 4.85. The topological polar surface area (TPSA) is 0 Å². The molecule has 28 heavy (non-hydrogen) atoms. The van der Waals surface area contributed by atoms with Gasteiger partial charge in [0.2, 0.25) is 0 Å². The van der Waals surface area contributed by atoms with Crippen LogP contribution >= 0.6 is 6.89 Å². The van der Waals surface area contributed by atoms with Crippen LogP contribution in [0.15, 0.2) is 115 Å². The van der Waals surface area contributed by atoms with Crippen LogP contribution in [0, 0.1) is 0 Å². The van der Waals surface area contributed by atoms with E-state index in [-0.39, 0.29) is 0 Å². The third-order valence-corrected chi connectivity index (χ3v) is 8.94. The summed E-state index contributed by atoms with van der Waals surface area (Å²) < 4.78 is 0. The van der Waals surface area contributed by atoms with Crippen LogP contribution in [0.1, 0.15) is 26.2 Å². The highest BCUT2D eigenvalue weighted by molar-refractivity contribution is 7.94. The van der Waals surface area contributed by atoms with Crippen LogP contribution in [-0.4, -0.2) is 5.80 Å². The van der Waals surface area contributed by atoms with Gasteiger partial charge >= 0.3 is 0 Å². The molecule has 0 atom stereocenters. The molecule has 0 saturated carbocycles. The Bertz CT molecular complexity index is 832. The Morgan fingerprint density at radius 1 is 0.536 bits per heavy atom. The highest BCUT2D eigenvalue weighted by atomic mass is 31.2. The zero-order valence-corrected chi connectivity index (χ0v) is 17.5. The van der Waals surface area contributed by atoms with E-state index >= 15 is 0 Å². The van der Waals surface area contributed by atoms with Gasteiger partial charge in [-0.15, -0.1) is 0 Å². The van der Waals surface area contributed by atoms with E-state index in [1.165, 1.54) is 15.9 Å². The number of hydrogen-bond acceptors (Lipinski definition) is 0. The second-order valence-corrected chi connectivity index (χ2v) is 10.1. The molecule has 0 spiro atoms. The van der Waals surface area contributed by atoms with Gasteiger partial charge in [-0.1, -0.05) is 128 Å². The van der Waals surface area contributed by atoms with Crippen molar-refractivity contribution in [2.24, 2.45) is 0 Å². The van der Waals surface area contributed by atoms with Gasteiger partial charge in [-0.05, 0) is 42.1 Å². The van der Waals surface area contributed by atoms with Gasteiger partial charge in [-0.25, -0.2) is 0 Å². The van der Waals surface area contributed by atoms with E-state index in [2.05, 4.69) is 128 Å². The minimum absolute atomic E-state index is 0.965. The third kappa shape index (κ3) is 4.83. The van der Waals surface area contributed by atoms with Gasteiger partial charge in [0.15, 0.2) is 0 Å². The summed E-state index contributed by atoms with van der Waals surface area (Å²) in [6, 6.07) is 33.0. The van der Waals surface area contributed by atoms with E-state index in [9.17, 15) is 0 Å². The second-order valence-electron chi connectivity index (χ2n) is 6.73. The molecular weight excluding hydrogens is 355 g/mol. The van der Waals surface area contributed by atoms with Crippen molar-refractivity contribution in [3.8, 4) is 0 Å². The fourth-order valence-corrected chi connectivity index (χ4v) is 7.40. The number of rotatable bonds is 8. The van der Waals surface area contributed by atoms with Gasteiger partial charge in [-0.2, -0.15) is 0 Å². The van der Waals surface area contributed by atoms with Gasteiger partial charge < -0.3 is 0 Å². The Balaban J connectivity index is 2.11. The van der Waals surface area contributed by atoms with Crippen molar-refractivity contribution in [2.75, 3.05) is 0 Å². The minimum Gasteiger partial charge on any atom is -0.0885 e. The summed E-state index contributed by atoms with van der Waals surface area (Å²) in [5.41, 5.74) is 0. The molecule has 3 aromatic carbocycles. The largest absolute Gasteiger partial charge is 0.0885 e. The average molecular weight is 385 g/mol. The SMILES string of the molecule is CC/C=C\C/C=C\CC=P(c1ccccc1)(c1ccccc1)c1ccccc1. The molecule has 0 aliphatic rings. The van der Waals surface area contributed by atoms with Crippen molar-refractivity contribution in [3.63, 3.8) is 0 Å². The smallest absolute Gasteiger partial charge is 0.0156 e. The molecule has 1 heteroatoms. The van der Waals surface area contributed by atoms with Gasteiger partial charge in [-0.3, -0.25) is 0 Å². The first-order chi connectivity index (χ1) is 13.9. The number of benzene rings is 3. The van der Waals surface area contributed by atoms with Crippen LogP contribution in [0.3, 0.4) is 0 Å². The lowest BCUT2D eigenvalue weighted by atomic mass is 10.3. The second kappa shape index (κ2) is 10.7. The van der Waals surface area contributed by atoms with E-state index < -0.39 is 6.89 Å². The molecule has 0 nitrogen and oxygen atoms in total. The fourth-order valence-electron chi connectivity index (χ4n) is 3.51. The summed E-state index contributed by atoms with van der Waals surface area (Å²) in [6.45, 7) is 0.364. The van der Waals surface area contributed by atoms with Gasteiger partial charge in [0.1, 0.15) is 0 Å². The molecule has 142 valence electrons. The van der Waals surface area contributed by atoms with Crippen molar-refractivity contribution >= 4 is 28.6 Å². The molecule has 0 unspecified atom stereocenters. The number of hydrogen-bond donors (Lipinski definition) is 0. The van der Waals surface area contributed by atoms with Crippen molar-refractivity contribution in [3.05, 3.63) is 115 Å². The molecule has 0 fully saturated rings. The quantitative estimate of drug-likeness (QED) is 0.326. The van der Waals surface area contributed by atoms with Crippen LogP contribution in [0.25, 0.3) is 0 Å². The van der Waals surface area contributed by atoms with E-state index in [1.807, 2.05) is 0 Å². The molecule has 0 amide bonds. The zero-order valence-electron chi connectivity index (χ0n) is 16.6. The highest BCUT2D eigenvalue weighted by Crippen LogP contribution is 2.43. The molecule has 0 N–H and O–H groups in total. The first kappa shape index (κ1) is 20.2. The lowest BCUT2D eigenvalue weighted by Gasteiger charge is -2.28. The summed E-state index contributed by atoms with van der Waals surface area (Å²) >= 11 is 0. The molecule has 0 heterocycles. The van der Waals surface area contributed by atoms with Crippen LogP contribution in [0.2, 0.25) is 0 Å². The molecule has 0 aliphatic carbocycles. The van der Waals surface area contributed by atoms with E-state index in [0.29, 0.717) is 0 Å². The van der Waals surface area contributed by atoms with E-state index in [4.69, 9.17) is 0 Å². The minimum atomic E-state index is -1.81. The Kier molecular flexibility index (Phi) is 7.71. The Labute approximate surface area is 170 Å². The average Bonchev–Trinajstić information content (AvgIpc) is 2.78. The van der Waals surface area contributed by atoms with E-state index in [1.54, 1.807) is 0 Å². The lowest BCUT2D eigenvalue weighted by Crippen LogP contribution is -2.26. The van der Waals surface area contributed by atoms with Crippen LogP contribution in [-0.2, 0) is 0 Å². The molecule has 0 radical (unpaired) electrons. The summed E-state index contributed by atoms with van der Waals surface area (Å²) in [6.07, 6.45) is 12.1. The first-order valence-corrected chi connectivity index (χ1v) is 11.9. The normalized spacial score (nSPS) is 11.9. The first-order valence-electron chi connectivity index (χ1n) is 10.1. The zero-order chi connectivity index (χ0) is 19.5. The molecule has 0 aliphatic heterocycles. The molecule has 0 saturated heterocycles. The highest BCUT2D eigenvalue weighted by Gasteiger charge is 2.23. The predicted octanol–water partition coefficient (Wildman–Crippen LogP) is 6.09. The predicted molar refractivity (Wildman–Crippen MR) is 129 cm³/mol. The fraction of sp³-hybridized carbons (Fsp3) is 0.148. The van der Waals surface area contributed by atoms with Crippen LogP contribution in [0.4, 0.5) is 0 Å². The van der Waals surface area contributed by atoms with Crippen molar-refractivity contribution in [1.29, 1.82) is 0 Å². The summed E-state index contributed by atoms with van der Waals surface area (Å²) in [5.74, 6) is 2.56. The molecule has 0 aromatic heterocycles. The van der Waals surface area contributed by atoms with Crippen molar-refractivity contribution in [1.82, 2.24) is 0 Å². The van der Waals surface area contributed by atoms with Gasteiger partial charge in [0.05, 0.1) is 0 Å². The summed E-state index contributed by atoms with van der Waals surface area (Å²) in [4.78, 5) is 0. The van der Waals surface area contributed by atoms with Gasteiger partial charge in [0.25, 0.3) is 0 Å². The maximum Gasteiger partial charge on any atom is -0.0156 e. The molecular formula is C27H29P. The number of allylic oxidation sites excluding steroid dienone is 4. The van der Waals surface area contributed by atoms with Crippen LogP contribution in [0.5, 0.6) is 0 Å². The molecule has 0 bridgehead atoms. The summed E-state index contributed by atoms with van der Waals surface area (Å²) in [5, 5.41) is 4.23. The Hall–Kier alpha value is -2.56. The van der Waals surface area contributed by atoms with Crippen LogP contribution < -0.4 is 15.9 Å². The van der Waals surface area contributed by atoms with E-state index in [0.717, 1.165) is 19.3 Å². The summed E-state index contributed by atoms with van der Waals surface area (Å²) in [7, 11) is 0. The van der Waals surface area contributed by atoms with Gasteiger partial charge in [0, 0.05) is 0 Å². The lowest BCUT2D eigenvalue weighted by molar-refractivity contribution is 1.20. The Morgan fingerprint density at radius 3 is 1.36 bits per heavy atom. The standard InChI is InChI=1S/C27H29P/c1-2-3-4-5-6-7-17-24-28(25-18-11-8-12-19-25,26-20-13-9-14-21-26)27-22-15-10-16-23-27/h3-4,6-16,18-24H,2,5,17H2,1H3/b4-3-,7-6-. The molecule has 3 rings (SSSR count).